The van der Waals surface area contributed by atoms with Gasteiger partial charge in [-0.05, 0) is 37.5 Å². The van der Waals surface area contributed by atoms with Crippen LogP contribution in [0, 0.1) is 6.92 Å². The lowest BCUT2D eigenvalue weighted by atomic mass is 10.2. The maximum Gasteiger partial charge on any atom is 0.289 e. The molecular weight excluding hydrogens is 486 g/mol. The fourth-order valence-corrected chi connectivity index (χ4v) is 5.55. The number of hydrogen-bond acceptors (Lipinski definition) is 9. The van der Waals surface area contributed by atoms with Gasteiger partial charge in [0.1, 0.15) is 11.7 Å². The summed E-state index contributed by atoms with van der Waals surface area (Å²) < 4.78 is 33.2. The number of aromatic nitrogens is 1. The van der Waals surface area contributed by atoms with E-state index in [1.807, 2.05) is 18.1 Å². The van der Waals surface area contributed by atoms with E-state index in [4.69, 9.17) is 4.74 Å². The minimum Gasteiger partial charge on any atom is -0.378 e. The van der Waals surface area contributed by atoms with E-state index in [0.717, 1.165) is 5.56 Å². The van der Waals surface area contributed by atoms with Crippen LogP contribution in [0.25, 0.3) is 0 Å². The second-order valence-electron chi connectivity index (χ2n) is 7.33. The highest BCUT2D eigenvalue weighted by Gasteiger charge is 2.26. The van der Waals surface area contributed by atoms with E-state index in [1.54, 1.807) is 17.5 Å². The molecular formula is C20H27N5O5S3. The molecule has 2 aromatic rings. The summed E-state index contributed by atoms with van der Waals surface area (Å²) in [5, 5.41) is 2.32. The van der Waals surface area contributed by atoms with E-state index in [-0.39, 0.29) is 17.0 Å². The molecule has 13 heteroatoms. The van der Waals surface area contributed by atoms with Gasteiger partial charge in [-0.1, -0.05) is 17.7 Å². The molecule has 1 atom stereocenters. The summed E-state index contributed by atoms with van der Waals surface area (Å²) in [7, 11) is -3.91. The van der Waals surface area contributed by atoms with E-state index in [0.29, 0.717) is 37.2 Å². The Labute approximate surface area is 201 Å². The topological polar surface area (TPSA) is 130 Å². The van der Waals surface area contributed by atoms with Crippen molar-refractivity contribution >= 4 is 50.1 Å². The van der Waals surface area contributed by atoms with Gasteiger partial charge in [-0.15, -0.1) is 11.3 Å². The number of carbonyl (C=O) groups excluding carboxylic acids is 2. The molecule has 1 saturated heterocycles. The molecule has 0 aliphatic carbocycles. The van der Waals surface area contributed by atoms with Crippen LogP contribution in [0.1, 0.15) is 22.5 Å². The van der Waals surface area contributed by atoms with Crippen molar-refractivity contribution < 1.29 is 22.7 Å². The molecule has 10 nitrogen and oxygen atoms in total. The summed E-state index contributed by atoms with van der Waals surface area (Å²) in [6, 6.07) is 5.28. The highest BCUT2D eigenvalue weighted by atomic mass is 32.2. The number of aryl methyl sites for hydroxylation is 1. The molecule has 2 amide bonds. The zero-order chi connectivity index (χ0) is 23.8. The molecule has 0 bridgehead atoms. The maximum absolute atomic E-state index is 12.7. The monoisotopic (exact) mass is 513 g/mol. The van der Waals surface area contributed by atoms with Gasteiger partial charge >= 0.3 is 0 Å². The minimum atomic E-state index is -3.91. The zero-order valence-electron chi connectivity index (χ0n) is 18.4. The third kappa shape index (κ3) is 7.14. The number of anilines is 1. The maximum atomic E-state index is 12.7. The summed E-state index contributed by atoms with van der Waals surface area (Å²) in [5.41, 5.74) is 5.74. The van der Waals surface area contributed by atoms with E-state index in [1.165, 1.54) is 35.2 Å². The lowest BCUT2D eigenvalue weighted by Gasteiger charge is -2.25. The third-order valence-corrected chi connectivity index (χ3v) is 7.89. The number of morpholine rings is 1. The SMILES string of the molecule is CSCC[C@H](NS(=O)(=O)c1ccc(C)cc1)C(=O)NNC(=O)c1csc(N2CCOCC2)n1. The quantitative estimate of drug-likeness (QED) is 0.426. The van der Waals surface area contributed by atoms with Gasteiger partial charge in [0.2, 0.25) is 10.0 Å². The van der Waals surface area contributed by atoms with E-state index in [2.05, 4.69) is 20.6 Å². The zero-order valence-corrected chi connectivity index (χ0v) is 20.8. The Hall–Kier alpha value is -2.19. The van der Waals surface area contributed by atoms with Gasteiger partial charge in [0.15, 0.2) is 5.13 Å². The first-order valence-electron chi connectivity index (χ1n) is 10.3. The number of amides is 2. The predicted molar refractivity (Wildman–Crippen MR) is 129 cm³/mol. The number of sulfonamides is 1. The second-order valence-corrected chi connectivity index (χ2v) is 10.9. The Kier molecular flexibility index (Phi) is 9.09. The molecule has 180 valence electrons. The van der Waals surface area contributed by atoms with E-state index >= 15 is 0 Å². The molecule has 1 aromatic carbocycles. The van der Waals surface area contributed by atoms with E-state index in [9.17, 15) is 18.0 Å². The first-order valence-corrected chi connectivity index (χ1v) is 14.0. The lowest BCUT2D eigenvalue weighted by molar-refractivity contribution is -0.123. The summed E-state index contributed by atoms with van der Waals surface area (Å²) in [6.45, 7) is 4.46. The molecule has 0 radical (unpaired) electrons. The van der Waals surface area contributed by atoms with Crippen LogP contribution in [0.2, 0.25) is 0 Å². The molecule has 0 spiro atoms. The molecule has 3 N–H and O–H groups in total. The lowest BCUT2D eigenvalue weighted by Crippen LogP contribution is -2.52. The number of carbonyl (C=O) groups is 2. The number of nitrogens with one attached hydrogen (secondary N) is 3. The number of ether oxygens (including phenoxy) is 1. The smallest absolute Gasteiger partial charge is 0.289 e. The normalized spacial score (nSPS) is 15.2. The fourth-order valence-electron chi connectivity index (χ4n) is 2.99. The summed E-state index contributed by atoms with van der Waals surface area (Å²) >= 11 is 2.82. The van der Waals surface area contributed by atoms with Crippen molar-refractivity contribution in [2.24, 2.45) is 0 Å². The van der Waals surface area contributed by atoms with Crippen LogP contribution >= 0.6 is 23.1 Å². The van der Waals surface area contributed by atoms with Crippen LogP contribution in [0.3, 0.4) is 0 Å². The van der Waals surface area contributed by atoms with Gasteiger partial charge in [0, 0.05) is 18.5 Å². The number of hydrogen-bond donors (Lipinski definition) is 3. The largest absolute Gasteiger partial charge is 0.378 e. The Morgan fingerprint density at radius 1 is 1.21 bits per heavy atom. The van der Waals surface area contributed by atoms with Crippen LogP contribution in [-0.2, 0) is 19.6 Å². The highest BCUT2D eigenvalue weighted by Crippen LogP contribution is 2.21. The molecule has 2 heterocycles. The van der Waals surface area contributed by atoms with Crippen molar-refractivity contribution in [3.63, 3.8) is 0 Å². The number of thiazole rings is 1. The van der Waals surface area contributed by atoms with Crippen LogP contribution in [-0.4, -0.2) is 69.6 Å². The highest BCUT2D eigenvalue weighted by molar-refractivity contribution is 7.98. The third-order valence-electron chi connectivity index (χ3n) is 4.86. The first-order chi connectivity index (χ1) is 15.8. The van der Waals surface area contributed by atoms with Gasteiger partial charge in [0.25, 0.3) is 11.8 Å². The molecule has 3 rings (SSSR count). The molecule has 1 fully saturated rings. The molecule has 1 aliphatic heterocycles. The molecule has 1 aliphatic rings. The number of thioether (sulfide) groups is 1. The predicted octanol–water partition coefficient (Wildman–Crippen LogP) is 1.15. The average molecular weight is 514 g/mol. The van der Waals surface area contributed by atoms with Gasteiger partial charge in [-0.25, -0.2) is 13.4 Å². The number of hydrazine groups is 1. The van der Waals surface area contributed by atoms with Crippen molar-refractivity contribution in [2.45, 2.75) is 24.3 Å². The molecule has 0 saturated carbocycles. The fraction of sp³-hybridized carbons (Fsp3) is 0.450. The Morgan fingerprint density at radius 2 is 1.91 bits per heavy atom. The minimum absolute atomic E-state index is 0.0669. The van der Waals surface area contributed by atoms with E-state index < -0.39 is 27.9 Å². The standard InChI is InChI=1S/C20H27N5O5S3/c1-14-3-5-15(6-4-14)33(28,29)24-16(7-12-31-2)18(26)22-23-19(27)17-13-32-20(21-17)25-8-10-30-11-9-25/h3-6,13,16,24H,7-12H2,1-2H3,(H,22,26)(H,23,27)/t16-/m0/s1. The van der Waals surface area contributed by atoms with Crippen LogP contribution in [0.4, 0.5) is 5.13 Å². The van der Waals surface area contributed by atoms with Crippen molar-refractivity contribution in [2.75, 3.05) is 43.2 Å². The number of benzene rings is 1. The van der Waals surface area contributed by atoms with Crippen molar-refractivity contribution in [3.05, 3.63) is 40.9 Å². The van der Waals surface area contributed by atoms with Gasteiger partial charge in [-0.3, -0.25) is 20.4 Å². The average Bonchev–Trinajstić information content (AvgIpc) is 3.31. The summed E-state index contributed by atoms with van der Waals surface area (Å²) in [5.74, 6) is -0.682. The van der Waals surface area contributed by atoms with Crippen molar-refractivity contribution in [1.82, 2.24) is 20.6 Å². The summed E-state index contributed by atoms with van der Waals surface area (Å²) in [6.07, 6.45) is 2.12. The first kappa shape index (κ1) is 25.4. The molecule has 0 unspecified atom stereocenters. The van der Waals surface area contributed by atoms with Crippen molar-refractivity contribution in [1.29, 1.82) is 0 Å². The van der Waals surface area contributed by atoms with Crippen LogP contribution in [0.5, 0.6) is 0 Å². The Balaban J connectivity index is 1.60. The van der Waals surface area contributed by atoms with Crippen LogP contribution in [0.15, 0.2) is 34.5 Å². The number of nitrogens with zero attached hydrogens (tertiary/aromatic N) is 2. The van der Waals surface area contributed by atoms with Crippen LogP contribution < -0.4 is 20.5 Å². The number of rotatable bonds is 9. The second kappa shape index (κ2) is 11.8. The molecule has 1 aromatic heterocycles. The van der Waals surface area contributed by atoms with Gasteiger partial charge in [0.05, 0.1) is 18.1 Å². The Morgan fingerprint density at radius 3 is 2.58 bits per heavy atom. The van der Waals surface area contributed by atoms with Gasteiger partial charge < -0.3 is 9.64 Å². The summed E-state index contributed by atoms with van der Waals surface area (Å²) in [4.78, 5) is 31.6. The molecule has 33 heavy (non-hydrogen) atoms. The van der Waals surface area contributed by atoms with Crippen molar-refractivity contribution in [3.8, 4) is 0 Å². The van der Waals surface area contributed by atoms with Gasteiger partial charge in [-0.2, -0.15) is 16.5 Å². The Bertz CT molecular complexity index is 1050.